The molecule has 31 heavy (non-hydrogen) atoms. The average Bonchev–Trinajstić information content (AvgIpc) is 2.77. The molecule has 1 atom stereocenters. The van der Waals surface area contributed by atoms with E-state index in [-0.39, 0.29) is 22.3 Å². The van der Waals surface area contributed by atoms with Crippen LogP contribution in [0.4, 0.5) is 14.9 Å². The van der Waals surface area contributed by atoms with Gasteiger partial charge in [0.2, 0.25) is 0 Å². The Bertz CT molecular complexity index is 1030. The lowest BCUT2D eigenvalue weighted by molar-refractivity contribution is 0.260. The van der Waals surface area contributed by atoms with E-state index in [1.807, 2.05) is 0 Å². The van der Waals surface area contributed by atoms with E-state index in [0.29, 0.717) is 0 Å². The number of thioether (sulfide) groups is 1. The molecule has 162 valence electrons. The van der Waals surface area contributed by atoms with Crippen molar-refractivity contribution in [3.05, 3.63) is 65.0 Å². The Morgan fingerprint density at radius 3 is 2.77 bits per heavy atom. The Morgan fingerprint density at radius 2 is 2.06 bits per heavy atom. The highest BCUT2D eigenvalue weighted by Crippen LogP contribution is 2.32. The van der Waals surface area contributed by atoms with Crippen LogP contribution in [0.5, 0.6) is 0 Å². The molecule has 2 aromatic carbocycles. The first-order valence-electron chi connectivity index (χ1n) is 10.7. The molecule has 4 rings (SSSR count). The van der Waals surface area contributed by atoms with Crippen LogP contribution in [0.15, 0.2) is 52.6 Å². The van der Waals surface area contributed by atoms with E-state index >= 15 is 0 Å². The quantitative estimate of drug-likeness (QED) is 0.516. The zero-order valence-electron chi connectivity index (χ0n) is 18.1. The molecule has 2 aliphatic rings. The summed E-state index contributed by atoms with van der Waals surface area (Å²) in [6, 6.07) is 13.1. The first-order valence-corrected chi connectivity index (χ1v) is 11.6. The summed E-state index contributed by atoms with van der Waals surface area (Å²) in [5.74, 6) is 0.619. The maximum atomic E-state index is 13.5. The van der Waals surface area contributed by atoms with Crippen LogP contribution >= 0.6 is 11.8 Å². The number of carbonyl (C=O) groups excluding carboxylic acids is 1. The van der Waals surface area contributed by atoms with Gasteiger partial charge in [-0.15, -0.1) is 0 Å². The van der Waals surface area contributed by atoms with Crippen LogP contribution in [-0.4, -0.2) is 34.6 Å². The number of hydrogen-bond donors (Lipinski definition) is 1. The van der Waals surface area contributed by atoms with E-state index in [1.54, 1.807) is 12.1 Å². The molecule has 0 aromatic heterocycles. The number of hydrazone groups is 1. The number of aliphatic imine (C=N–C) groups is 1. The van der Waals surface area contributed by atoms with Gasteiger partial charge in [0.1, 0.15) is 11.7 Å². The van der Waals surface area contributed by atoms with E-state index < -0.39 is 0 Å². The minimum absolute atomic E-state index is 0.0590. The van der Waals surface area contributed by atoms with E-state index in [9.17, 15) is 9.18 Å². The Morgan fingerprint density at radius 1 is 1.29 bits per heavy atom. The molecule has 2 aliphatic heterocycles. The number of fused-ring (bicyclic) bond motifs is 1. The third-order valence-corrected chi connectivity index (χ3v) is 6.57. The van der Waals surface area contributed by atoms with Crippen molar-refractivity contribution in [1.29, 1.82) is 0 Å². The van der Waals surface area contributed by atoms with Crippen molar-refractivity contribution in [3.8, 4) is 0 Å². The first kappa shape index (κ1) is 21.6. The lowest BCUT2D eigenvalue weighted by Crippen LogP contribution is -2.37. The number of rotatable bonds is 4. The molecule has 0 spiro atoms. The minimum Gasteiger partial charge on any atom is -0.326 e. The maximum absolute atomic E-state index is 13.5. The summed E-state index contributed by atoms with van der Waals surface area (Å²) in [4.78, 5) is 18.8. The lowest BCUT2D eigenvalue weighted by Gasteiger charge is -2.33. The van der Waals surface area contributed by atoms with E-state index in [0.717, 1.165) is 54.2 Å². The second-order valence-corrected chi connectivity index (χ2v) is 9.24. The van der Waals surface area contributed by atoms with Crippen LogP contribution in [0, 0.1) is 5.82 Å². The smallest absolute Gasteiger partial charge is 0.299 e. The van der Waals surface area contributed by atoms with Crippen LogP contribution in [0.1, 0.15) is 50.3 Å². The van der Waals surface area contributed by atoms with E-state index in [1.165, 1.54) is 29.5 Å². The van der Waals surface area contributed by atoms with Crippen LogP contribution in [0.25, 0.3) is 0 Å². The van der Waals surface area contributed by atoms with Gasteiger partial charge in [-0.05, 0) is 80.6 Å². The number of carbonyl (C=O) groups is 1. The van der Waals surface area contributed by atoms with Gasteiger partial charge in [0.05, 0.1) is 11.0 Å². The molecule has 2 aromatic rings. The largest absolute Gasteiger partial charge is 0.326 e. The molecular weight excluding hydrogens is 411 g/mol. The molecule has 7 heteroatoms. The molecule has 1 unspecified atom stereocenters. The van der Waals surface area contributed by atoms with Gasteiger partial charge in [-0.2, -0.15) is 5.10 Å². The van der Waals surface area contributed by atoms with Gasteiger partial charge in [0.15, 0.2) is 0 Å². The van der Waals surface area contributed by atoms with Gasteiger partial charge in [0, 0.05) is 23.8 Å². The SMILES string of the molecule is CCC1SC(=O)NN=C1c1ccc2c(c1)CCCN2C(=NC(C)C)c1ccc(F)cc1. The minimum atomic E-state index is -0.250. The van der Waals surface area contributed by atoms with Crippen molar-refractivity contribution in [3.63, 3.8) is 0 Å². The number of nitrogens with zero attached hydrogens (tertiary/aromatic N) is 3. The number of hydrogen-bond acceptors (Lipinski definition) is 4. The van der Waals surface area contributed by atoms with Gasteiger partial charge >= 0.3 is 0 Å². The zero-order chi connectivity index (χ0) is 22.0. The Kier molecular flexibility index (Phi) is 6.41. The van der Waals surface area contributed by atoms with Crippen LogP contribution in [-0.2, 0) is 6.42 Å². The fourth-order valence-corrected chi connectivity index (χ4v) is 4.86. The molecule has 0 saturated carbocycles. The summed E-state index contributed by atoms with van der Waals surface area (Å²) in [7, 11) is 0. The highest BCUT2D eigenvalue weighted by atomic mass is 32.2. The molecule has 0 fully saturated rings. The highest BCUT2D eigenvalue weighted by molar-refractivity contribution is 8.14. The van der Waals surface area contributed by atoms with E-state index in [4.69, 9.17) is 4.99 Å². The molecule has 5 nitrogen and oxygen atoms in total. The Hall–Kier alpha value is -2.67. The number of nitrogens with one attached hydrogen (secondary N) is 1. The summed E-state index contributed by atoms with van der Waals surface area (Å²) in [6.07, 6.45) is 2.82. The number of benzene rings is 2. The second kappa shape index (κ2) is 9.22. The number of halogens is 1. The van der Waals surface area contributed by atoms with Gasteiger partial charge in [-0.25, -0.2) is 9.82 Å². The molecule has 0 bridgehead atoms. The monoisotopic (exact) mass is 438 g/mol. The predicted octanol–water partition coefficient (Wildman–Crippen LogP) is 5.37. The zero-order valence-corrected chi connectivity index (χ0v) is 18.9. The summed E-state index contributed by atoms with van der Waals surface area (Å²) in [5, 5.41) is 4.31. The van der Waals surface area contributed by atoms with Crippen LogP contribution < -0.4 is 10.3 Å². The predicted molar refractivity (Wildman–Crippen MR) is 127 cm³/mol. The second-order valence-electron chi connectivity index (χ2n) is 8.06. The molecule has 2 heterocycles. The summed E-state index contributed by atoms with van der Waals surface area (Å²) < 4.78 is 13.5. The number of amidine groups is 1. The standard InChI is InChI=1S/C24H27FN4OS/c1-4-21-22(27-28-24(30)31-21)18-9-12-20-17(14-18)6-5-13-29(20)23(26-15(2)3)16-7-10-19(25)11-8-16/h7-12,14-15,21H,4-6,13H2,1-3H3,(H,28,30). The third-order valence-electron chi connectivity index (χ3n) is 5.43. The van der Waals surface area contributed by atoms with Crippen molar-refractivity contribution >= 4 is 34.2 Å². The van der Waals surface area contributed by atoms with Crippen molar-refractivity contribution < 1.29 is 9.18 Å². The maximum Gasteiger partial charge on any atom is 0.299 e. The Labute approximate surface area is 186 Å². The Balaban J connectivity index is 1.72. The molecule has 0 saturated heterocycles. The summed E-state index contributed by atoms with van der Waals surface area (Å²) in [6.45, 7) is 7.04. The van der Waals surface area contributed by atoms with Gasteiger partial charge in [0.25, 0.3) is 5.24 Å². The normalized spacial score (nSPS) is 19.2. The van der Waals surface area contributed by atoms with Crippen LogP contribution in [0.3, 0.4) is 0 Å². The van der Waals surface area contributed by atoms with Gasteiger partial charge in [-0.3, -0.25) is 9.79 Å². The topological polar surface area (TPSA) is 57.1 Å². The average molecular weight is 439 g/mol. The number of aryl methyl sites for hydroxylation is 1. The fraction of sp³-hybridized carbons (Fsp3) is 0.375. The van der Waals surface area contributed by atoms with Crippen molar-refractivity contribution in [2.24, 2.45) is 10.1 Å². The molecule has 0 radical (unpaired) electrons. The third kappa shape index (κ3) is 4.66. The molecule has 1 N–H and O–H groups in total. The van der Waals surface area contributed by atoms with Gasteiger partial charge in [-0.1, -0.05) is 24.8 Å². The summed E-state index contributed by atoms with van der Waals surface area (Å²) in [5.41, 5.74) is 7.84. The van der Waals surface area contributed by atoms with Gasteiger partial charge < -0.3 is 4.90 Å². The van der Waals surface area contributed by atoms with Crippen molar-refractivity contribution in [1.82, 2.24) is 5.43 Å². The van der Waals surface area contributed by atoms with Crippen molar-refractivity contribution in [2.75, 3.05) is 11.4 Å². The lowest BCUT2D eigenvalue weighted by atomic mass is 9.95. The highest BCUT2D eigenvalue weighted by Gasteiger charge is 2.27. The molecule has 1 amide bonds. The molecular formula is C24H27FN4OS. The van der Waals surface area contributed by atoms with Crippen LogP contribution in [0.2, 0.25) is 0 Å². The molecule has 0 aliphatic carbocycles. The fourth-order valence-electron chi connectivity index (χ4n) is 4.04. The summed E-state index contributed by atoms with van der Waals surface area (Å²) >= 11 is 1.30. The number of amides is 1. The number of anilines is 1. The first-order chi connectivity index (χ1) is 15.0. The van der Waals surface area contributed by atoms with Crippen molar-refractivity contribution in [2.45, 2.75) is 51.3 Å². The van der Waals surface area contributed by atoms with E-state index in [2.05, 4.69) is 54.4 Å².